The molecule has 16 nitrogen and oxygen atoms in total. The van der Waals surface area contributed by atoms with E-state index in [0.29, 0.717) is 52.9 Å². The molecule has 0 unspecified atom stereocenters. The first-order valence-electron chi connectivity index (χ1n) is 36.2. The summed E-state index contributed by atoms with van der Waals surface area (Å²) in [5.41, 5.74) is 34.7. The van der Waals surface area contributed by atoms with Gasteiger partial charge in [0.1, 0.15) is 27.2 Å². The molecule has 0 spiro atoms. The van der Waals surface area contributed by atoms with Crippen LogP contribution in [-0.4, -0.2) is 93.5 Å². The van der Waals surface area contributed by atoms with E-state index in [4.69, 9.17) is 67.8 Å². The summed E-state index contributed by atoms with van der Waals surface area (Å²) in [7, 11) is 0. The Morgan fingerprint density at radius 1 is 0.269 bits per heavy atom. The molecule has 108 heavy (non-hydrogen) atoms. The minimum atomic E-state index is 0.156. The van der Waals surface area contributed by atoms with Crippen LogP contribution in [-0.2, 0) is 64.3 Å². The summed E-state index contributed by atoms with van der Waals surface area (Å²) in [5, 5.41) is 0. The number of aromatic nitrogens is 8. The second-order valence-corrected chi connectivity index (χ2v) is 27.1. The number of aromatic amines is 2. The third-order valence-corrected chi connectivity index (χ3v) is 19.1. The Kier molecular flexibility index (Phi) is 24.3. The summed E-state index contributed by atoms with van der Waals surface area (Å²) in [5.74, 6) is 0. The zero-order valence-electron chi connectivity index (χ0n) is 62.7. The van der Waals surface area contributed by atoms with Gasteiger partial charge in [-0.15, -0.1) is 26.3 Å². The molecule has 13 rings (SSSR count). The first-order chi connectivity index (χ1) is 52.7. The summed E-state index contributed by atoms with van der Waals surface area (Å²) < 4.78 is 44.8. The Bertz CT molecular complexity index is 4650. The molecule has 0 saturated heterocycles. The number of pyridine rings is 4. The van der Waals surface area contributed by atoms with Gasteiger partial charge in [-0.1, -0.05) is 97.1 Å². The maximum Gasteiger partial charge on any atom is 0.147 e. The lowest BCUT2D eigenvalue weighted by atomic mass is 9.90. The van der Waals surface area contributed by atoms with Gasteiger partial charge >= 0.3 is 0 Å². The van der Waals surface area contributed by atoms with Crippen LogP contribution in [0.4, 0.5) is 0 Å². The fourth-order valence-corrected chi connectivity index (χ4v) is 14.4. The largest absolute Gasteiger partial charge is 0.354 e. The first kappa shape index (κ1) is 75.0. The number of fused-ring (bicyclic) bond motifs is 8. The lowest BCUT2D eigenvalue weighted by Crippen LogP contribution is -2.01. The minimum absolute atomic E-state index is 0.156. The Morgan fingerprint density at radius 3 is 0.667 bits per heavy atom. The first-order valence-corrected chi connectivity index (χ1v) is 36.2. The van der Waals surface area contributed by atoms with Gasteiger partial charge in [0, 0.05) is 91.4 Å². The number of H-pyrrole nitrogens is 2. The molecule has 4 aromatic carbocycles. The van der Waals surface area contributed by atoms with Crippen molar-refractivity contribution in [2.45, 2.75) is 81.8 Å². The Morgan fingerprint density at radius 2 is 0.481 bits per heavy atom. The number of aryl methyl sites for hydroxylation is 8. The lowest BCUT2D eigenvalue weighted by Gasteiger charge is -2.16. The van der Waals surface area contributed by atoms with E-state index in [-0.39, 0.29) is 27.2 Å². The van der Waals surface area contributed by atoms with E-state index in [2.05, 4.69) is 213 Å². The van der Waals surface area contributed by atoms with E-state index in [1.54, 1.807) is 24.3 Å². The number of nitrogens with zero attached hydrogens (tertiary/aromatic N) is 6. The Balaban J connectivity index is 1.03. The van der Waals surface area contributed by atoms with Crippen LogP contribution in [0.15, 0.2) is 197 Å². The Labute approximate surface area is 632 Å². The highest BCUT2D eigenvalue weighted by atomic mass is 16.7. The van der Waals surface area contributed by atoms with Crippen molar-refractivity contribution in [3.63, 3.8) is 0 Å². The highest BCUT2D eigenvalue weighted by molar-refractivity contribution is 6.03. The van der Waals surface area contributed by atoms with Crippen molar-refractivity contribution >= 4 is 46.4 Å². The number of hydrogen-bond acceptors (Lipinski definition) is 14. The monoisotopic (exact) mass is 1430 g/mol. The standard InChI is InChI=1S/C92H90N8O8/c1-13-33-101-53-105-49-73-21-17-65(45-93-73)69-37-57(5)85(58(6)38-69)89-77-25-27-79(97-77)90(86-59(7)39-70(40-60(86)8)66-18-22-74(94-46-66)50-106-54-102-34-14-2)81-29-31-83(99-81)92(88-63(11)43-72(44-64(88)12)68-20-24-76(96-48-68)52-108-56-104-36-16-4)84-32-30-82(100-84)91(80-28-26-78(89)98-80)87-61(9)41-71(42-62(87)10)67-19-23-75(95-47-67)51-107-55-103-35-15-3/h13-32,37-48,97,100H,1-4,33-36,49-56H2,5-12H3. The highest BCUT2D eigenvalue weighted by Crippen LogP contribution is 2.45. The van der Waals surface area contributed by atoms with E-state index >= 15 is 0 Å². The zero-order chi connectivity index (χ0) is 75.2. The van der Waals surface area contributed by atoms with Crippen LogP contribution in [0.2, 0.25) is 0 Å². The molecular formula is C92H90N8O8. The van der Waals surface area contributed by atoms with E-state index in [1.165, 1.54) is 0 Å². The van der Waals surface area contributed by atoms with Gasteiger partial charge in [0.05, 0.1) is 98.4 Å². The normalized spacial score (nSPS) is 11.8. The van der Waals surface area contributed by atoms with Gasteiger partial charge in [0.2, 0.25) is 0 Å². The molecule has 0 aliphatic carbocycles. The van der Waals surface area contributed by atoms with Crippen LogP contribution in [0.1, 0.15) is 90.1 Å². The molecule has 16 heteroatoms. The van der Waals surface area contributed by atoms with Crippen molar-refractivity contribution in [2.24, 2.45) is 0 Å². The quantitative estimate of drug-likeness (QED) is 0.0231. The van der Waals surface area contributed by atoms with Crippen molar-refractivity contribution < 1.29 is 37.9 Å². The van der Waals surface area contributed by atoms with Gasteiger partial charge in [0.25, 0.3) is 0 Å². The molecule has 0 atom stereocenters. The van der Waals surface area contributed by atoms with Crippen molar-refractivity contribution in [2.75, 3.05) is 53.6 Å². The Hall–Kier alpha value is -11.3. The zero-order valence-corrected chi connectivity index (χ0v) is 62.7. The van der Waals surface area contributed by atoms with E-state index < -0.39 is 0 Å². The highest BCUT2D eigenvalue weighted by Gasteiger charge is 2.25. The van der Waals surface area contributed by atoms with Crippen LogP contribution in [0.3, 0.4) is 0 Å². The molecule has 11 aromatic rings. The number of rotatable bonds is 32. The van der Waals surface area contributed by atoms with Gasteiger partial charge in [0.15, 0.2) is 0 Å². The van der Waals surface area contributed by atoms with Crippen molar-refractivity contribution in [3.05, 3.63) is 287 Å². The molecule has 8 bridgehead atoms. The summed E-state index contributed by atoms with van der Waals surface area (Å²) in [6.07, 6.45) is 23.1. The van der Waals surface area contributed by atoms with Crippen molar-refractivity contribution in [1.29, 1.82) is 0 Å². The average Bonchev–Trinajstić information content (AvgIpc) is 1.57. The smallest absolute Gasteiger partial charge is 0.147 e. The van der Waals surface area contributed by atoms with Crippen LogP contribution in [0.25, 0.3) is 135 Å². The van der Waals surface area contributed by atoms with Gasteiger partial charge in [-0.3, -0.25) is 19.9 Å². The SMILES string of the molecule is C=CCOCOCc1ccc(-c2cc(C)c(-c3c4nc(c(-c5c(C)cc(-c6ccc(COCOCC=C)nc6)cc5C)c5ccc([nH]5)c(-c5c(C)cc(-c6ccc(COCOCC=C)nc6)cc5C)c5nc(c(-c6c(C)cc(-c7ccc(COCOCC=C)nc7)cc6C)c6ccc3[nH]6)C=C5)C=C4)c(C)c2)cn1. The fraction of sp³-hybridized carbons (Fsp3) is 0.217. The molecule has 0 amide bonds. The van der Waals surface area contributed by atoms with Gasteiger partial charge in [-0.25, -0.2) is 9.97 Å². The van der Waals surface area contributed by atoms with Crippen LogP contribution < -0.4 is 0 Å². The molecule has 2 aliphatic rings. The minimum Gasteiger partial charge on any atom is -0.354 e. The second-order valence-electron chi connectivity index (χ2n) is 27.1. The summed E-state index contributed by atoms with van der Waals surface area (Å²) in [6, 6.07) is 43.2. The second kappa shape index (κ2) is 35.0. The van der Waals surface area contributed by atoms with E-state index in [0.717, 1.165) is 201 Å². The van der Waals surface area contributed by atoms with Crippen molar-refractivity contribution in [3.8, 4) is 89.0 Å². The van der Waals surface area contributed by atoms with Gasteiger partial charge in [-0.2, -0.15) is 0 Å². The predicted molar refractivity (Wildman–Crippen MR) is 435 cm³/mol. The lowest BCUT2D eigenvalue weighted by molar-refractivity contribution is -0.0529. The molecule has 2 aliphatic heterocycles. The molecule has 2 N–H and O–H groups in total. The van der Waals surface area contributed by atoms with Crippen LogP contribution >= 0.6 is 0 Å². The average molecular weight is 1440 g/mol. The summed E-state index contributed by atoms with van der Waals surface area (Å²) >= 11 is 0. The van der Waals surface area contributed by atoms with E-state index in [9.17, 15) is 0 Å². The van der Waals surface area contributed by atoms with Crippen molar-refractivity contribution in [1.82, 2.24) is 39.9 Å². The van der Waals surface area contributed by atoms with Gasteiger partial charge in [-0.05, 0) is 217 Å². The molecule has 7 aromatic heterocycles. The molecule has 0 fully saturated rings. The summed E-state index contributed by atoms with van der Waals surface area (Å²) in [4.78, 5) is 39.1. The number of benzene rings is 4. The molecule has 0 saturated carbocycles. The molecule has 546 valence electrons. The maximum absolute atomic E-state index is 5.86. The van der Waals surface area contributed by atoms with Crippen LogP contribution in [0.5, 0.6) is 0 Å². The third-order valence-electron chi connectivity index (χ3n) is 19.1. The van der Waals surface area contributed by atoms with Crippen LogP contribution in [0, 0.1) is 55.4 Å². The number of hydrogen-bond donors (Lipinski definition) is 2. The van der Waals surface area contributed by atoms with E-state index in [1.807, 2.05) is 49.1 Å². The predicted octanol–water partition coefficient (Wildman–Crippen LogP) is 20.7. The fourth-order valence-electron chi connectivity index (χ4n) is 14.4. The molecule has 0 radical (unpaired) electrons. The number of ether oxygens (including phenoxy) is 8. The maximum atomic E-state index is 5.86. The van der Waals surface area contributed by atoms with Gasteiger partial charge < -0.3 is 47.9 Å². The molecule has 9 heterocycles. The number of nitrogens with one attached hydrogen (secondary N) is 2. The topological polar surface area (TPSA) is 183 Å². The molecular weight excluding hydrogens is 1350 g/mol. The third kappa shape index (κ3) is 17.1. The summed E-state index contributed by atoms with van der Waals surface area (Å²) in [6.45, 7) is 36.0.